The molecule has 4 rings (SSSR count). The van der Waals surface area contributed by atoms with Crippen molar-refractivity contribution in [1.29, 1.82) is 0 Å². The number of fused-ring (bicyclic) bond motifs is 2. The Morgan fingerprint density at radius 3 is 2.67 bits per heavy atom. The Morgan fingerprint density at radius 1 is 1.05 bits per heavy atom. The molecule has 1 aliphatic carbocycles. The second-order valence-electron chi connectivity index (χ2n) is 6.28. The molecule has 0 saturated carbocycles. The summed E-state index contributed by atoms with van der Waals surface area (Å²) in [7, 11) is 0. The van der Waals surface area contributed by atoms with Gasteiger partial charge in [-0.1, -0.05) is 24.3 Å². The summed E-state index contributed by atoms with van der Waals surface area (Å²) in [5.41, 5.74) is 7.92. The summed E-state index contributed by atoms with van der Waals surface area (Å²) >= 11 is 0. The molecule has 1 unspecified atom stereocenters. The van der Waals surface area contributed by atoms with Crippen LogP contribution in [-0.4, -0.2) is 9.97 Å². The van der Waals surface area contributed by atoms with Crippen LogP contribution < -0.4 is 0 Å². The first-order valence-corrected chi connectivity index (χ1v) is 7.74. The third kappa shape index (κ3) is 2.15. The quantitative estimate of drug-likeness (QED) is 0.698. The monoisotopic (exact) mass is 276 g/mol. The minimum absolute atomic E-state index is 0.521. The normalized spacial score (nSPS) is 17.9. The minimum atomic E-state index is 0.521. The maximum absolute atomic E-state index is 4.86. The van der Waals surface area contributed by atoms with E-state index in [1.54, 1.807) is 0 Å². The van der Waals surface area contributed by atoms with E-state index in [1.807, 2.05) is 0 Å². The number of nitrogens with one attached hydrogen (secondary N) is 1. The summed E-state index contributed by atoms with van der Waals surface area (Å²) in [5, 5.41) is 0. The van der Waals surface area contributed by atoms with E-state index in [9.17, 15) is 0 Å². The fraction of sp³-hybridized carbons (Fsp3) is 0.316. The van der Waals surface area contributed by atoms with Crippen LogP contribution in [0.4, 0.5) is 0 Å². The van der Waals surface area contributed by atoms with Gasteiger partial charge in [0.05, 0.1) is 11.0 Å². The minimum Gasteiger partial charge on any atom is -0.342 e. The molecule has 1 aromatic heterocycles. The second-order valence-corrected chi connectivity index (χ2v) is 6.28. The SMILES string of the molecule is Cc1cc2nc(C3CCc4ccccc4C3)[nH]c2cc1C. The molecule has 1 atom stereocenters. The van der Waals surface area contributed by atoms with Gasteiger partial charge in [0.2, 0.25) is 0 Å². The lowest BCUT2D eigenvalue weighted by atomic mass is 9.83. The molecule has 0 amide bonds. The van der Waals surface area contributed by atoms with Crippen LogP contribution in [0.2, 0.25) is 0 Å². The molecule has 0 saturated heterocycles. The van der Waals surface area contributed by atoms with Crippen LogP contribution in [0, 0.1) is 13.8 Å². The molecule has 0 fully saturated rings. The molecular weight excluding hydrogens is 256 g/mol. The maximum atomic E-state index is 4.86. The van der Waals surface area contributed by atoms with Crippen molar-refractivity contribution in [3.05, 3.63) is 64.5 Å². The maximum Gasteiger partial charge on any atom is 0.110 e. The molecule has 2 heteroatoms. The third-order valence-electron chi connectivity index (χ3n) is 4.85. The Bertz CT molecular complexity index is 775. The number of hydrogen-bond acceptors (Lipinski definition) is 1. The van der Waals surface area contributed by atoms with Crippen molar-refractivity contribution >= 4 is 11.0 Å². The number of benzene rings is 2. The fourth-order valence-electron chi connectivity index (χ4n) is 3.41. The molecule has 2 nitrogen and oxygen atoms in total. The molecule has 3 aromatic rings. The van der Waals surface area contributed by atoms with Gasteiger partial charge in [0.15, 0.2) is 0 Å². The van der Waals surface area contributed by atoms with Gasteiger partial charge in [-0.15, -0.1) is 0 Å². The van der Waals surface area contributed by atoms with Crippen LogP contribution in [-0.2, 0) is 12.8 Å². The van der Waals surface area contributed by atoms with Crippen LogP contribution in [0.1, 0.15) is 40.4 Å². The lowest BCUT2D eigenvalue weighted by Crippen LogP contribution is -2.13. The van der Waals surface area contributed by atoms with E-state index in [0.29, 0.717) is 5.92 Å². The molecule has 2 aromatic carbocycles. The molecule has 1 N–H and O–H groups in total. The average molecular weight is 276 g/mol. The van der Waals surface area contributed by atoms with Crippen LogP contribution in [0.3, 0.4) is 0 Å². The largest absolute Gasteiger partial charge is 0.342 e. The highest BCUT2D eigenvalue weighted by Crippen LogP contribution is 2.32. The standard InChI is InChI=1S/C19H20N2/c1-12-9-17-18(10-13(12)2)21-19(20-17)16-8-7-14-5-3-4-6-15(14)11-16/h3-6,9-10,16H,7-8,11H2,1-2H3,(H,20,21). The number of aryl methyl sites for hydroxylation is 3. The van der Waals surface area contributed by atoms with Crippen LogP contribution in [0.15, 0.2) is 36.4 Å². The third-order valence-corrected chi connectivity index (χ3v) is 4.85. The number of aromatic nitrogens is 2. The highest BCUT2D eigenvalue weighted by atomic mass is 14.9. The smallest absolute Gasteiger partial charge is 0.110 e. The highest BCUT2D eigenvalue weighted by molar-refractivity contribution is 5.77. The zero-order valence-corrected chi connectivity index (χ0v) is 12.6. The summed E-state index contributed by atoms with van der Waals surface area (Å²) < 4.78 is 0. The van der Waals surface area contributed by atoms with E-state index < -0.39 is 0 Å². The Morgan fingerprint density at radius 2 is 1.81 bits per heavy atom. The highest BCUT2D eigenvalue weighted by Gasteiger charge is 2.22. The fourth-order valence-corrected chi connectivity index (χ4v) is 3.41. The molecule has 1 aliphatic rings. The van der Waals surface area contributed by atoms with Gasteiger partial charge < -0.3 is 4.98 Å². The molecule has 106 valence electrons. The van der Waals surface area contributed by atoms with E-state index in [0.717, 1.165) is 24.2 Å². The predicted octanol–water partition coefficient (Wildman–Crippen LogP) is 4.45. The van der Waals surface area contributed by atoms with Crippen molar-refractivity contribution < 1.29 is 0 Å². The molecule has 0 spiro atoms. The first-order chi connectivity index (χ1) is 10.2. The van der Waals surface area contributed by atoms with Crippen LogP contribution in [0.5, 0.6) is 0 Å². The van der Waals surface area contributed by atoms with E-state index in [1.165, 1.54) is 34.2 Å². The molecular formula is C19H20N2. The Labute approximate surface area is 125 Å². The van der Waals surface area contributed by atoms with Gasteiger partial charge in [-0.25, -0.2) is 4.98 Å². The lowest BCUT2D eigenvalue weighted by Gasteiger charge is -2.22. The summed E-state index contributed by atoms with van der Waals surface area (Å²) in [5.74, 6) is 1.68. The molecule has 1 heterocycles. The Balaban J connectivity index is 1.71. The average Bonchev–Trinajstić information content (AvgIpc) is 2.90. The zero-order chi connectivity index (χ0) is 14.4. The van der Waals surface area contributed by atoms with E-state index in [4.69, 9.17) is 4.98 Å². The van der Waals surface area contributed by atoms with Crippen molar-refractivity contribution in [3.8, 4) is 0 Å². The van der Waals surface area contributed by atoms with E-state index in [2.05, 4.69) is 55.2 Å². The summed E-state index contributed by atoms with van der Waals surface area (Å²) in [6, 6.07) is 13.2. The van der Waals surface area contributed by atoms with Gasteiger partial charge in [-0.2, -0.15) is 0 Å². The number of nitrogens with zero attached hydrogens (tertiary/aromatic N) is 1. The van der Waals surface area contributed by atoms with Crippen molar-refractivity contribution in [2.24, 2.45) is 0 Å². The molecule has 0 aliphatic heterocycles. The molecule has 21 heavy (non-hydrogen) atoms. The summed E-state index contributed by atoms with van der Waals surface area (Å²) in [4.78, 5) is 8.41. The first kappa shape index (κ1) is 12.6. The first-order valence-electron chi connectivity index (χ1n) is 7.74. The zero-order valence-electron chi connectivity index (χ0n) is 12.6. The molecule has 0 bridgehead atoms. The Hall–Kier alpha value is -2.09. The molecule has 0 radical (unpaired) electrons. The topological polar surface area (TPSA) is 28.7 Å². The van der Waals surface area contributed by atoms with Crippen molar-refractivity contribution in [1.82, 2.24) is 9.97 Å². The number of imidazole rings is 1. The summed E-state index contributed by atoms with van der Waals surface area (Å²) in [6.45, 7) is 4.31. The van der Waals surface area contributed by atoms with Gasteiger partial charge >= 0.3 is 0 Å². The Kier molecular flexibility index (Phi) is 2.85. The number of aromatic amines is 1. The van der Waals surface area contributed by atoms with Crippen molar-refractivity contribution in [3.63, 3.8) is 0 Å². The number of hydrogen-bond donors (Lipinski definition) is 1. The van der Waals surface area contributed by atoms with Gasteiger partial charge in [0, 0.05) is 5.92 Å². The van der Waals surface area contributed by atoms with Gasteiger partial charge in [-0.05, 0) is 67.5 Å². The van der Waals surface area contributed by atoms with Gasteiger partial charge in [-0.3, -0.25) is 0 Å². The van der Waals surface area contributed by atoms with Crippen molar-refractivity contribution in [2.75, 3.05) is 0 Å². The van der Waals surface area contributed by atoms with Crippen molar-refractivity contribution in [2.45, 2.75) is 39.0 Å². The van der Waals surface area contributed by atoms with Gasteiger partial charge in [0.25, 0.3) is 0 Å². The number of rotatable bonds is 1. The van der Waals surface area contributed by atoms with Crippen LogP contribution in [0.25, 0.3) is 11.0 Å². The predicted molar refractivity (Wildman–Crippen MR) is 86.8 cm³/mol. The van der Waals surface area contributed by atoms with E-state index in [-0.39, 0.29) is 0 Å². The second kappa shape index (κ2) is 4.73. The number of H-pyrrole nitrogens is 1. The van der Waals surface area contributed by atoms with E-state index >= 15 is 0 Å². The summed E-state index contributed by atoms with van der Waals surface area (Å²) in [6.07, 6.45) is 3.46. The van der Waals surface area contributed by atoms with Gasteiger partial charge in [0.1, 0.15) is 5.82 Å². The van der Waals surface area contributed by atoms with Crippen LogP contribution >= 0.6 is 0 Å². The lowest BCUT2D eigenvalue weighted by molar-refractivity contribution is 0.561.